The van der Waals surface area contributed by atoms with Gasteiger partial charge in [-0.05, 0) is 12.1 Å². The Morgan fingerprint density at radius 3 is 2.28 bits per heavy atom. The molecule has 1 aromatic carbocycles. The Morgan fingerprint density at radius 1 is 1.22 bits per heavy atom. The van der Waals surface area contributed by atoms with E-state index >= 15 is 0 Å². The van der Waals surface area contributed by atoms with E-state index in [2.05, 4.69) is 4.98 Å². The van der Waals surface area contributed by atoms with Gasteiger partial charge in [-0.2, -0.15) is 0 Å². The van der Waals surface area contributed by atoms with Crippen LogP contribution in [0.5, 0.6) is 0 Å². The third kappa shape index (κ3) is 3.84. The van der Waals surface area contributed by atoms with E-state index in [4.69, 9.17) is 28.6 Å². The molecule has 2 aromatic rings. The topological polar surface area (TPSA) is 26.0 Å². The molecular weight excluding hydrogens is 277 g/mol. The van der Waals surface area contributed by atoms with Gasteiger partial charge in [0, 0.05) is 10.4 Å². The van der Waals surface area contributed by atoms with Gasteiger partial charge in [0.1, 0.15) is 11.1 Å². The second-order valence-electron chi connectivity index (χ2n) is 4.49. The van der Waals surface area contributed by atoms with Crippen molar-refractivity contribution in [3.63, 3.8) is 0 Å². The van der Waals surface area contributed by atoms with Crippen LogP contribution in [-0.4, -0.2) is 4.98 Å². The Bertz CT molecular complexity index is 519. The Labute approximate surface area is 141 Å². The summed E-state index contributed by atoms with van der Waals surface area (Å²) in [6.07, 6.45) is 0. The molecule has 1 aromatic heterocycles. The van der Waals surface area contributed by atoms with Gasteiger partial charge in [0.2, 0.25) is 5.89 Å². The predicted octanol–water partition coefficient (Wildman–Crippen LogP) is 1.71. The summed E-state index contributed by atoms with van der Waals surface area (Å²) in [5, 5.41) is 0.536. The largest absolute Gasteiger partial charge is 1.00 e. The molecule has 0 N–H and O–H groups in total. The molecule has 0 aliphatic carbocycles. The molecule has 0 atom stereocenters. The van der Waals surface area contributed by atoms with Crippen molar-refractivity contribution in [2.45, 2.75) is 44.9 Å². The van der Waals surface area contributed by atoms with Gasteiger partial charge in [0.05, 0.1) is 0 Å². The van der Waals surface area contributed by atoms with Crippen molar-refractivity contribution in [2.24, 2.45) is 0 Å². The number of rotatable bonds is 0. The number of hydrogen-bond acceptors (Lipinski definition) is 3. The molecule has 1 heterocycles. The molecule has 0 spiro atoms. The minimum absolute atomic E-state index is 0. The molecule has 0 unspecified atom stereocenters. The van der Waals surface area contributed by atoms with E-state index < -0.39 is 0 Å². The summed E-state index contributed by atoms with van der Waals surface area (Å²) in [6.45, 7) is 10.1. The van der Waals surface area contributed by atoms with Gasteiger partial charge in [-0.3, -0.25) is 0 Å². The van der Waals surface area contributed by atoms with Gasteiger partial charge in [0.15, 0.2) is 0 Å². The molecule has 0 saturated heterocycles. The smallest absolute Gasteiger partial charge is 0.775 e. The summed E-state index contributed by atoms with van der Waals surface area (Å²) in [4.78, 5) is 4.93. The quantitative estimate of drug-likeness (QED) is 0.546. The maximum Gasteiger partial charge on any atom is 1.00 e. The fraction of sp³-hybridized carbons (Fsp3) is 0.462. The van der Waals surface area contributed by atoms with Crippen molar-refractivity contribution >= 4 is 35.3 Å². The summed E-state index contributed by atoms with van der Waals surface area (Å²) in [7, 11) is 0. The van der Waals surface area contributed by atoms with Gasteiger partial charge in [0.25, 0.3) is 0 Å². The van der Waals surface area contributed by atoms with Gasteiger partial charge in [-0.25, -0.2) is 4.98 Å². The van der Waals surface area contributed by atoms with Crippen LogP contribution in [0, 0.1) is 0 Å². The molecule has 0 radical (unpaired) electrons. The Balaban J connectivity index is 0.000000917. The van der Waals surface area contributed by atoms with Gasteiger partial charge in [-0.15, -0.1) is 4.90 Å². The first-order valence-corrected chi connectivity index (χ1v) is 6.45. The zero-order valence-electron chi connectivity index (χ0n) is 11.8. The summed E-state index contributed by atoms with van der Waals surface area (Å²) in [5.41, 5.74) is 1.27. The van der Waals surface area contributed by atoms with Crippen LogP contribution in [0.1, 0.15) is 40.5 Å². The molecule has 2 nitrogen and oxygen atoms in total. The summed E-state index contributed by atoms with van der Waals surface area (Å²) in [5.74, 6) is 0.686. The van der Waals surface area contributed by atoms with Gasteiger partial charge < -0.3 is 17.0 Å². The van der Waals surface area contributed by atoms with E-state index in [-0.39, 0.29) is 35.0 Å². The van der Waals surface area contributed by atoms with Crippen molar-refractivity contribution in [1.29, 1.82) is 0 Å². The van der Waals surface area contributed by atoms with E-state index in [0.29, 0.717) is 21.4 Å². The number of hydrogen-bond donors (Lipinski definition) is 0. The van der Waals surface area contributed by atoms with Crippen LogP contribution in [0.4, 0.5) is 0 Å². The fourth-order valence-corrected chi connectivity index (χ4v) is 1.63. The number of halogens is 1. The molecule has 0 aliphatic rings. The van der Waals surface area contributed by atoms with Gasteiger partial charge in [-0.1, -0.05) is 46.2 Å². The monoisotopic (exact) mass is 293 g/mol. The SMILES string of the molecule is CC.CC(C)(C)c1nc2ccc(Cl)c([S-])c2o1.[Na+]. The molecular formula is C13H17ClNNaOS. The molecule has 5 heteroatoms. The van der Waals surface area contributed by atoms with Crippen molar-refractivity contribution in [1.82, 2.24) is 4.98 Å². The number of aromatic nitrogens is 1. The molecule has 18 heavy (non-hydrogen) atoms. The molecule has 2 rings (SSSR count). The van der Waals surface area contributed by atoms with Crippen LogP contribution in [-0.2, 0) is 18.0 Å². The first-order valence-electron chi connectivity index (χ1n) is 5.66. The van der Waals surface area contributed by atoms with Crippen LogP contribution in [0.25, 0.3) is 11.1 Å². The zero-order valence-corrected chi connectivity index (χ0v) is 15.4. The Morgan fingerprint density at radius 2 is 1.78 bits per heavy atom. The van der Waals surface area contributed by atoms with Gasteiger partial charge >= 0.3 is 29.6 Å². The van der Waals surface area contributed by atoms with Crippen LogP contribution in [0.2, 0.25) is 5.02 Å². The first kappa shape index (κ1) is 18.2. The van der Waals surface area contributed by atoms with Crippen LogP contribution in [0.15, 0.2) is 21.4 Å². The molecule has 94 valence electrons. The van der Waals surface area contributed by atoms with Crippen LogP contribution >= 0.6 is 11.6 Å². The van der Waals surface area contributed by atoms with Crippen molar-refractivity contribution in [3.8, 4) is 0 Å². The third-order valence-electron chi connectivity index (χ3n) is 2.11. The van der Waals surface area contributed by atoms with E-state index in [1.807, 2.05) is 40.7 Å². The number of nitrogens with zero attached hydrogens (tertiary/aromatic N) is 1. The van der Waals surface area contributed by atoms with E-state index in [0.717, 1.165) is 5.52 Å². The van der Waals surface area contributed by atoms with E-state index in [1.54, 1.807) is 6.07 Å². The van der Waals surface area contributed by atoms with Crippen LogP contribution in [0.3, 0.4) is 0 Å². The fourth-order valence-electron chi connectivity index (χ4n) is 1.26. The van der Waals surface area contributed by atoms with E-state index in [9.17, 15) is 0 Å². The standard InChI is InChI=1S/C11H12ClNOS.C2H6.Na/c1-11(2,3)10-13-7-5-4-6(12)9(15)8(7)14-10;1-2;/h4-5,15H,1-3H3;1-2H3;/q;;+1/p-1. The maximum atomic E-state index is 5.92. The molecule has 0 bridgehead atoms. The van der Waals surface area contributed by atoms with E-state index in [1.165, 1.54) is 0 Å². The third-order valence-corrected chi connectivity index (χ3v) is 2.94. The minimum atomic E-state index is -0.118. The Hall–Kier alpha value is 0.200. The summed E-state index contributed by atoms with van der Waals surface area (Å²) >= 11 is 11.1. The Kier molecular flexibility index (Phi) is 7.19. The molecule has 0 saturated carbocycles. The second-order valence-corrected chi connectivity index (χ2v) is 5.31. The zero-order chi connectivity index (χ0) is 13.2. The first-order chi connectivity index (χ1) is 7.89. The van der Waals surface area contributed by atoms with Crippen molar-refractivity contribution in [3.05, 3.63) is 23.0 Å². The molecule has 0 amide bonds. The minimum Gasteiger partial charge on any atom is -0.775 e. The number of fused-ring (bicyclic) bond motifs is 1. The summed E-state index contributed by atoms with van der Waals surface area (Å²) < 4.78 is 5.64. The maximum absolute atomic E-state index is 5.92. The second kappa shape index (κ2) is 7.11. The number of benzene rings is 1. The summed E-state index contributed by atoms with van der Waals surface area (Å²) in [6, 6.07) is 3.58. The average molecular weight is 294 g/mol. The average Bonchev–Trinajstić information content (AvgIpc) is 2.71. The van der Waals surface area contributed by atoms with Crippen molar-refractivity contribution < 1.29 is 34.0 Å². The van der Waals surface area contributed by atoms with Crippen molar-refractivity contribution in [2.75, 3.05) is 0 Å². The number of oxazole rings is 1. The van der Waals surface area contributed by atoms with Crippen LogP contribution < -0.4 is 29.6 Å². The molecule has 0 fully saturated rings. The molecule has 0 aliphatic heterocycles. The predicted molar refractivity (Wildman–Crippen MR) is 74.7 cm³/mol. The normalized spacial score (nSPS) is 10.6.